The molecule has 1 amide bonds. The molecule has 1 heterocycles. The van der Waals surface area contributed by atoms with Crippen molar-refractivity contribution in [2.45, 2.75) is 6.61 Å². The molecule has 0 aliphatic carbocycles. The van der Waals surface area contributed by atoms with E-state index in [2.05, 4.69) is 26.2 Å². The summed E-state index contributed by atoms with van der Waals surface area (Å²) in [7, 11) is 1.62. The number of carbonyl (C=O) groups excluding carboxylic acids is 2. The summed E-state index contributed by atoms with van der Waals surface area (Å²) in [6.45, 7) is -0.149. The number of hydrogen-bond acceptors (Lipinski definition) is 6. The van der Waals surface area contributed by atoms with Crippen LogP contribution in [0.15, 0.2) is 58.4 Å². The summed E-state index contributed by atoms with van der Waals surface area (Å²) in [5, 5.41) is 5.21. The fourth-order valence-corrected chi connectivity index (χ4v) is 3.38. The van der Waals surface area contributed by atoms with E-state index in [1.165, 1.54) is 11.3 Å². The Hall–Kier alpha value is -2.71. The van der Waals surface area contributed by atoms with E-state index in [1.54, 1.807) is 31.4 Å². The highest BCUT2D eigenvalue weighted by Crippen LogP contribution is 2.25. The highest BCUT2D eigenvalue weighted by Gasteiger charge is 2.11. The van der Waals surface area contributed by atoms with Gasteiger partial charge in [-0.2, -0.15) is 0 Å². The number of amides is 1. The van der Waals surface area contributed by atoms with Crippen molar-refractivity contribution in [3.63, 3.8) is 0 Å². The fraction of sp³-hybridized carbons (Fsp3) is 0.150. The van der Waals surface area contributed by atoms with Crippen molar-refractivity contribution in [2.24, 2.45) is 0 Å². The monoisotopic (exact) mass is 460 g/mol. The molecule has 0 bridgehead atoms. The Kier molecular flexibility index (Phi) is 6.78. The van der Waals surface area contributed by atoms with Gasteiger partial charge in [-0.15, -0.1) is 11.3 Å². The summed E-state index contributed by atoms with van der Waals surface area (Å²) in [6.07, 6.45) is 0. The van der Waals surface area contributed by atoms with Crippen LogP contribution >= 0.6 is 27.3 Å². The van der Waals surface area contributed by atoms with Crippen molar-refractivity contribution in [2.75, 3.05) is 13.7 Å². The standard InChI is InChI=1S/C20H17BrN2O4S/c1-26-17-8-4-14(5-9-17)20-23-16(12-28-20)11-27-18(24)10-22-19(25)13-2-6-15(21)7-3-13/h2-9,12H,10-11H2,1H3,(H,22,25). The van der Waals surface area contributed by atoms with E-state index in [-0.39, 0.29) is 19.1 Å². The van der Waals surface area contributed by atoms with Crippen LogP contribution in [0.2, 0.25) is 0 Å². The summed E-state index contributed by atoms with van der Waals surface area (Å²) in [4.78, 5) is 28.3. The van der Waals surface area contributed by atoms with Gasteiger partial charge < -0.3 is 14.8 Å². The summed E-state index contributed by atoms with van der Waals surface area (Å²) in [5.41, 5.74) is 2.09. The maximum atomic E-state index is 12.0. The van der Waals surface area contributed by atoms with Crippen LogP contribution in [0.5, 0.6) is 5.75 Å². The number of nitrogens with one attached hydrogen (secondary N) is 1. The third-order valence-corrected chi connectivity index (χ3v) is 5.24. The van der Waals surface area contributed by atoms with E-state index >= 15 is 0 Å². The molecule has 2 aromatic carbocycles. The van der Waals surface area contributed by atoms with Crippen LogP contribution in [0.1, 0.15) is 16.1 Å². The zero-order valence-electron chi connectivity index (χ0n) is 15.0. The quantitative estimate of drug-likeness (QED) is 0.538. The van der Waals surface area contributed by atoms with E-state index in [0.717, 1.165) is 20.8 Å². The molecule has 1 aromatic heterocycles. The first kappa shape index (κ1) is 20.0. The van der Waals surface area contributed by atoms with Gasteiger partial charge in [0.2, 0.25) is 0 Å². The van der Waals surface area contributed by atoms with Crippen LogP contribution in [-0.2, 0) is 16.1 Å². The number of benzene rings is 2. The molecule has 0 unspecified atom stereocenters. The summed E-state index contributed by atoms with van der Waals surface area (Å²) >= 11 is 4.77. The van der Waals surface area contributed by atoms with Crippen molar-refractivity contribution < 1.29 is 19.1 Å². The second kappa shape index (κ2) is 9.48. The van der Waals surface area contributed by atoms with Gasteiger partial charge in [-0.05, 0) is 48.5 Å². The summed E-state index contributed by atoms with van der Waals surface area (Å²) in [5.74, 6) is -0.0796. The van der Waals surface area contributed by atoms with Crippen molar-refractivity contribution in [1.29, 1.82) is 0 Å². The van der Waals surface area contributed by atoms with Gasteiger partial charge >= 0.3 is 5.97 Å². The molecule has 0 radical (unpaired) electrons. The maximum Gasteiger partial charge on any atom is 0.325 e. The van der Waals surface area contributed by atoms with Crippen LogP contribution in [0.25, 0.3) is 10.6 Å². The Balaban J connectivity index is 1.47. The van der Waals surface area contributed by atoms with Gasteiger partial charge in [-0.25, -0.2) is 4.98 Å². The Morgan fingerprint density at radius 3 is 2.50 bits per heavy atom. The molecule has 28 heavy (non-hydrogen) atoms. The molecule has 144 valence electrons. The topological polar surface area (TPSA) is 77.5 Å². The minimum absolute atomic E-state index is 0.0552. The number of nitrogens with zero attached hydrogens (tertiary/aromatic N) is 1. The predicted molar refractivity (Wildman–Crippen MR) is 110 cm³/mol. The minimum atomic E-state index is -0.524. The number of methoxy groups -OCH3 is 1. The van der Waals surface area contributed by atoms with Crippen LogP contribution in [0.4, 0.5) is 0 Å². The lowest BCUT2D eigenvalue weighted by Crippen LogP contribution is -2.30. The number of carbonyl (C=O) groups is 2. The SMILES string of the molecule is COc1ccc(-c2nc(COC(=O)CNC(=O)c3ccc(Br)cc3)cs2)cc1. The Bertz CT molecular complexity index is 955. The summed E-state index contributed by atoms with van der Waals surface area (Å²) in [6, 6.07) is 14.4. The number of halogens is 1. The molecule has 8 heteroatoms. The molecular weight excluding hydrogens is 444 g/mol. The normalized spacial score (nSPS) is 10.4. The van der Waals surface area contributed by atoms with Gasteiger partial charge in [0.25, 0.3) is 5.91 Å². The van der Waals surface area contributed by atoms with Gasteiger partial charge in [0, 0.05) is 21.0 Å². The van der Waals surface area contributed by atoms with E-state index in [0.29, 0.717) is 11.3 Å². The summed E-state index contributed by atoms with van der Waals surface area (Å²) < 4.78 is 11.2. The molecule has 1 N–H and O–H groups in total. The number of rotatable bonds is 7. The van der Waals surface area contributed by atoms with E-state index in [1.807, 2.05) is 29.6 Å². The minimum Gasteiger partial charge on any atom is -0.497 e. The van der Waals surface area contributed by atoms with Crippen molar-refractivity contribution in [1.82, 2.24) is 10.3 Å². The average molecular weight is 461 g/mol. The number of aromatic nitrogens is 1. The second-order valence-corrected chi connectivity index (χ2v) is 7.50. The highest BCUT2D eigenvalue weighted by atomic mass is 79.9. The lowest BCUT2D eigenvalue weighted by Gasteiger charge is -2.06. The van der Waals surface area contributed by atoms with Crippen LogP contribution in [0.3, 0.4) is 0 Å². The molecule has 0 atom stereocenters. The van der Waals surface area contributed by atoms with Gasteiger partial charge in [0.1, 0.15) is 23.9 Å². The molecule has 0 spiro atoms. The van der Waals surface area contributed by atoms with Crippen LogP contribution < -0.4 is 10.1 Å². The van der Waals surface area contributed by atoms with E-state index in [9.17, 15) is 9.59 Å². The molecule has 3 aromatic rings. The number of thiazole rings is 1. The van der Waals surface area contributed by atoms with Gasteiger partial charge in [0.15, 0.2) is 0 Å². The van der Waals surface area contributed by atoms with Crippen molar-refractivity contribution in [3.8, 4) is 16.3 Å². The molecule has 3 rings (SSSR count). The molecule has 0 fully saturated rings. The Morgan fingerprint density at radius 2 is 1.82 bits per heavy atom. The van der Waals surface area contributed by atoms with E-state index < -0.39 is 5.97 Å². The largest absolute Gasteiger partial charge is 0.497 e. The third kappa shape index (κ3) is 5.40. The first-order valence-corrected chi connectivity index (χ1v) is 10.0. The number of esters is 1. The average Bonchev–Trinajstić information content (AvgIpc) is 3.20. The fourth-order valence-electron chi connectivity index (χ4n) is 2.30. The molecular formula is C20H17BrN2O4S. The highest BCUT2D eigenvalue weighted by molar-refractivity contribution is 9.10. The molecule has 6 nitrogen and oxygen atoms in total. The first-order valence-electron chi connectivity index (χ1n) is 8.33. The number of hydrogen-bond donors (Lipinski definition) is 1. The second-order valence-electron chi connectivity index (χ2n) is 5.72. The molecule has 0 aliphatic heterocycles. The zero-order valence-corrected chi connectivity index (χ0v) is 17.4. The molecule has 0 aliphatic rings. The number of ether oxygens (including phenoxy) is 2. The first-order chi connectivity index (χ1) is 13.5. The molecule has 0 saturated carbocycles. The van der Waals surface area contributed by atoms with Gasteiger partial charge in [-0.3, -0.25) is 9.59 Å². The van der Waals surface area contributed by atoms with Gasteiger partial charge in [0.05, 0.1) is 12.8 Å². The Morgan fingerprint density at radius 1 is 1.11 bits per heavy atom. The van der Waals surface area contributed by atoms with E-state index in [4.69, 9.17) is 9.47 Å². The van der Waals surface area contributed by atoms with Crippen LogP contribution in [0, 0.1) is 0 Å². The predicted octanol–water partition coefficient (Wildman–Crippen LogP) is 4.05. The maximum absolute atomic E-state index is 12.0. The van der Waals surface area contributed by atoms with Crippen molar-refractivity contribution >= 4 is 39.1 Å². The smallest absolute Gasteiger partial charge is 0.325 e. The van der Waals surface area contributed by atoms with Crippen LogP contribution in [-0.4, -0.2) is 30.5 Å². The van der Waals surface area contributed by atoms with Crippen molar-refractivity contribution in [3.05, 3.63) is 69.6 Å². The van der Waals surface area contributed by atoms with Gasteiger partial charge in [-0.1, -0.05) is 15.9 Å². The zero-order chi connectivity index (χ0) is 19.9. The lowest BCUT2D eigenvalue weighted by molar-refractivity contribution is -0.143. The lowest BCUT2D eigenvalue weighted by atomic mass is 10.2. The Labute approximate surface area is 174 Å². The molecule has 0 saturated heterocycles. The third-order valence-electron chi connectivity index (χ3n) is 3.77.